The zero-order valence-corrected chi connectivity index (χ0v) is 18.3. The number of hydrogen-bond acceptors (Lipinski definition) is 3. The Kier molecular flexibility index (Phi) is 6.05. The van der Waals surface area contributed by atoms with E-state index in [1.54, 1.807) is 24.3 Å². The van der Waals surface area contributed by atoms with E-state index in [0.717, 1.165) is 6.07 Å². The lowest BCUT2D eigenvalue weighted by atomic mass is 9.97. The lowest BCUT2D eigenvalue weighted by molar-refractivity contribution is -0.137. The highest BCUT2D eigenvalue weighted by molar-refractivity contribution is 7.80. The molecule has 0 unspecified atom stereocenters. The van der Waals surface area contributed by atoms with Gasteiger partial charge in [0.15, 0.2) is 5.11 Å². The number of nitrogens with zero attached hydrogens (tertiary/aromatic N) is 1. The number of halogens is 4. The largest absolute Gasteiger partial charge is 0.417 e. The normalized spacial score (nSPS) is 15.7. The maximum absolute atomic E-state index is 13.3. The minimum Gasteiger partial charge on any atom is -0.298 e. The van der Waals surface area contributed by atoms with Crippen LogP contribution in [0.5, 0.6) is 0 Å². The number of rotatable bonds is 3. The zero-order valence-electron chi connectivity index (χ0n) is 16.7. The molecule has 3 aromatic rings. The van der Waals surface area contributed by atoms with Gasteiger partial charge in [-0.3, -0.25) is 19.8 Å². The molecule has 0 bridgehead atoms. The maximum Gasteiger partial charge on any atom is 0.417 e. The first kappa shape index (κ1) is 22.7. The van der Waals surface area contributed by atoms with Gasteiger partial charge in [0.25, 0.3) is 11.8 Å². The van der Waals surface area contributed by atoms with E-state index in [4.69, 9.17) is 23.8 Å². The van der Waals surface area contributed by atoms with Gasteiger partial charge in [0.2, 0.25) is 0 Å². The number of hydrogen-bond donors (Lipinski definition) is 1. The molecular formula is C24H14ClF3N2O2S. The number of thiocarbonyl (C=S) groups is 1. The van der Waals surface area contributed by atoms with Crippen LogP contribution in [0.3, 0.4) is 0 Å². The van der Waals surface area contributed by atoms with Gasteiger partial charge in [-0.15, -0.1) is 0 Å². The van der Waals surface area contributed by atoms with Crippen LogP contribution in [-0.2, 0) is 15.8 Å². The summed E-state index contributed by atoms with van der Waals surface area (Å²) in [6.07, 6.45) is -3.13. The summed E-state index contributed by atoms with van der Waals surface area (Å²) in [6, 6.07) is 17.7. The number of alkyl halides is 3. The van der Waals surface area contributed by atoms with Gasteiger partial charge < -0.3 is 0 Å². The average molecular weight is 487 g/mol. The van der Waals surface area contributed by atoms with Crippen molar-refractivity contribution in [1.82, 2.24) is 5.32 Å². The molecule has 1 N–H and O–H groups in total. The Bertz CT molecular complexity index is 1290. The third kappa shape index (κ3) is 4.67. The number of anilines is 1. The molecule has 4 rings (SSSR count). The highest BCUT2D eigenvalue weighted by atomic mass is 35.5. The van der Waals surface area contributed by atoms with Crippen LogP contribution in [0.15, 0.2) is 78.4 Å². The summed E-state index contributed by atoms with van der Waals surface area (Å²) in [4.78, 5) is 26.6. The van der Waals surface area contributed by atoms with Crippen LogP contribution in [0, 0.1) is 0 Å². The lowest BCUT2D eigenvalue weighted by Gasteiger charge is -2.29. The molecule has 0 aromatic heterocycles. The number of amides is 2. The predicted octanol–water partition coefficient (Wildman–Crippen LogP) is 5.86. The van der Waals surface area contributed by atoms with Crippen molar-refractivity contribution in [3.8, 4) is 11.1 Å². The van der Waals surface area contributed by atoms with E-state index < -0.39 is 23.6 Å². The fourth-order valence-corrected chi connectivity index (χ4v) is 3.80. The molecule has 0 radical (unpaired) electrons. The molecule has 1 heterocycles. The molecule has 4 nitrogen and oxygen atoms in total. The predicted molar refractivity (Wildman–Crippen MR) is 125 cm³/mol. The summed E-state index contributed by atoms with van der Waals surface area (Å²) in [5.41, 5.74) is 0.375. The molecule has 2 amide bonds. The maximum atomic E-state index is 13.3. The van der Waals surface area contributed by atoms with Gasteiger partial charge in [-0.2, -0.15) is 13.2 Å². The Morgan fingerprint density at radius 2 is 1.55 bits per heavy atom. The van der Waals surface area contributed by atoms with Crippen molar-refractivity contribution in [2.24, 2.45) is 0 Å². The van der Waals surface area contributed by atoms with Crippen LogP contribution in [0.1, 0.15) is 11.1 Å². The Hall–Kier alpha value is -3.49. The van der Waals surface area contributed by atoms with Gasteiger partial charge in [-0.05, 0) is 65.3 Å². The molecule has 33 heavy (non-hydrogen) atoms. The molecule has 0 saturated carbocycles. The first-order valence-corrected chi connectivity index (χ1v) is 10.4. The zero-order chi connectivity index (χ0) is 23.8. The van der Waals surface area contributed by atoms with Crippen molar-refractivity contribution >= 4 is 52.5 Å². The van der Waals surface area contributed by atoms with E-state index in [-0.39, 0.29) is 16.2 Å². The molecule has 3 aromatic carbocycles. The highest BCUT2D eigenvalue weighted by Crippen LogP contribution is 2.37. The van der Waals surface area contributed by atoms with Crippen LogP contribution in [0.4, 0.5) is 18.9 Å². The Balaban J connectivity index is 1.66. The van der Waals surface area contributed by atoms with Gasteiger partial charge in [0.1, 0.15) is 5.57 Å². The number of benzene rings is 3. The summed E-state index contributed by atoms with van der Waals surface area (Å²) in [6.45, 7) is 0. The first-order valence-electron chi connectivity index (χ1n) is 9.59. The molecule has 9 heteroatoms. The smallest absolute Gasteiger partial charge is 0.298 e. The monoisotopic (exact) mass is 486 g/mol. The second kappa shape index (κ2) is 8.80. The average Bonchev–Trinajstić information content (AvgIpc) is 2.78. The van der Waals surface area contributed by atoms with Crippen LogP contribution in [0.2, 0.25) is 5.02 Å². The summed E-state index contributed by atoms with van der Waals surface area (Å²) >= 11 is 11.0. The van der Waals surface area contributed by atoms with E-state index in [0.29, 0.717) is 21.8 Å². The number of carbonyl (C=O) groups excluding carboxylic acids is 2. The fraction of sp³-hybridized carbons (Fsp3) is 0.0417. The molecule has 0 aliphatic carbocycles. The van der Waals surface area contributed by atoms with Gasteiger partial charge in [0, 0.05) is 5.02 Å². The first-order chi connectivity index (χ1) is 15.6. The van der Waals surface area contributed by atoms with Gasteiger partial charge in [-0.1, -0.05) is 54.1 Å². The number of carbonyl (C=O) groups is 2. The third-order valence-corrected chi connectivity index (χ3v) is 5.49. The SMILES string of the molecule is O=C1NC(=S)N(c2ccc(Cl)cc2)C(=O)C1=Cc1ccc(-c2ccccc2C(F)(F)F)cc1. The van der Waals surface area contributed by atoms with Gasteiger partial charge >= 0.3 is 6.18 Å². The van der Waals surface area contributed by atoms with Crippen molar-refractivity contribution in [2.45, 2.75) is 6.18 Å². The molecule has 1 aliphatic rings. The summed E-state index contributed by atoms with van der Waals surface area (Å²) < 4.78 is 40.0. The summed E-state index contributed by atoms with van der Waals surface area (Å²) in [5, 5.41) is 2.88. The molecule has 1 fully saturated rings. The quantitative estimate of drug-likeness (QED) is 0.287. The van der Waals surface area contributed by atoms with Gasteiger partial charge in [-0.25, -0.2) is 0 Å². The van der Waals surface area contributed by atoms with Crippen LogP contribution in [-0.4, -0.2) is 16.9 Å². The van der Waals surface area contributed by atoms with Crippen molar-refractivity contribution < 1.29 is 22.8 Å². The molecule has 1 aliphatic heterocycles. The lowest BCUT2D eigenvalue weighted by Crippen LogP contribution is -2.54. The van der Waals surface area contributed by atoms with Crippen molar-refractivity contribution in [3.05, 3.63) is 94.5 Å². The third-order valence-electron chi connectivity index (χ3n) is 4.95. The Morgan fingerprint density at radius 3 is 2.18 bits per heavy atom. The molecule has 1 saturated heterocycles. The summed E-state index contributed by atoms with van der Waals surface area (Å²) in [5.74, 6) is -1.29. The second-order valence-corrected chi connectivity index (χ2v) is 7.92. The van der Waals surface area contributed by atoms with Crippen LogP contribution >= 0.6 is 23.8 Å². The van der Waals surface area contributed by atoms with Crippen LogP contribution in [0.25, 0.3) is 17.2 Å². The Morgan fingerprint density at radius 1 is 0.909 bits per heavy atom. The van der Waals surface area contributed by atoms with Crippen molar-refractivity contribution in [2.75, 3.05) is 4.90 Å². The van der Waals surface area contributed by atoms with Crippen LogP contribution < -0.4 is 10.2 Å². The summed E-state index contributed by atoms with van der Waals surface area (Å²) in [7, 11) is 0. The van der Waals surface area contributed by atoms with Crippen molar-refractivity contribution in [1.29, 1.82) is 0 Å². The standard InChI is InChI=1S/C24H14ClF3N2O2S/c25-16-9-11-17(12-10-16)30-22(32)19(21(31)29-23(30)33)13-14-5-7-15(8-6-14)18-3-1-2-4-20(18)24(26,27)28/h1-13H,(H,29,31,33). The van der Waals surface area contributed by atoms with Gasteiger partial charge in [0.05, 0.1) is 11.3 Å². The molecule has 0 spiro atoms. The molecular weight excluding hydrogens is 473 g/mol. The second-order valence-electron chi connectivity index (χ2n) is 7.10. The van der Waals surface area contributed by atoms with E-state index in [1.807, 2.05) is 0 Å². The van der Waals surface area contributed by atoms with E-state index in [9.17, 15) is 22.8 Å². The van der Waals surface area contributed by atoms with E-state index in [2.05, 4.69) is 5.32 Å². The van der Waals surface area contributed by atoms with E-state index in [1.165, 1.54) is 53.4 Å². The minimum absolute atomic E-state index is 0.0370. The van der Waals surface area contributed by atoms with E-state index >= 15 is 0 Å². The molecule has 0 atom stereocenters. The topological polar surface area (TPSA) is 49.4 Å². The number of nitrogens with one attached hydrogen (secondary N) is 1. The highest BCUT2D eigenvalue weighted by Gasteiger charge is 2.35. The van der Waals surface area contributed by atoms with Crippen molar-refractivity contribution in [3.63, 3.8) is 0 Å². The Labute approximate surface area is 197 Å². The molecule has 166 valence electrons. The fourth-order valence-electron chi connectivity index (χ4n) is 3.39. The minimum atomic E-state index is -4.49.